The number of phenols is 1. The lowest BCUT2D eigenvalue weighted by molar-refractivity contribution is 0.269. The number of rotatable bonds is 10. The Labute approximate surface area is 154 Å². The zero-order valence-corrected chi connectivity index (χ0v) is 16.2. The molecule has 1 nitrogen and oxygen atoms in total. The zero-order valence-electron chi connectivity index (χ0n) is 16.2. The van der Waals surface area contributed by atoms with Crippen molar-refractivity contribution in [1.82, 2.24) is 0 Å². The number of benzene rings is 2. The van der Waals surface area contributed by atoms with Crippen molar-refractivity contribution in [2.45, 2.75) is 71.1 Å². The SMILES string of the molecule is CCCC(CCCCCc1ccccc1O)C(C)(C)c1ccccc1. The first kappa shape index (κ1) is 19.6. The quantitative estimate of drug-likeness (QED) is 0.468. The van der Waals surface area contributed by atoms with Gasteiger partial charge in [0.2, 0.25) is 0 Å². The molecule has 1 atom stereocenters. The van der Waals surface area contributed by atoms with Crippen LogP contribution in [0.2, 0.25) is 0 Å². The second-order valence-electron chi connectivity index (χ2n) is 7.80. The van der Waals surface area contributed by atoms with Gasteiger partial charge in [-0.05, 0) is 54.2 Å². The van der Waals surface area contributed by atoms with Crippen LogP contribution in [0, 0.1) is 5.92 Å². The number of phenolic OH excluding ortho intramolecular Hbond substituents is 1. The summed E-state index contributed by atoms with van der Waals surface area (Å²) in [5.74, 6) is 1.17. The molecule has 0 saturated carbocycles. The first-order valence-electron chi connectivity index (χ1n) is 9.88. The van der Waals surface area contributed by atoms with Crippen LogP contribution in [0.25, 0.3) is 0 Å². The summed E-state index contributed by atoms with van der Waals surface area (Å²) in [7, 11) is 0. The minimum atomic E-state index is 0.231. The highest BCUT2D eigenvalue weighted by molar-refractivity contribution is 5.31. The summed E-state index contributed by atoms with van der Waals surface area (Å²) in [4.78, 5) is 0. The molecule has 0 aliphatic heterocycles. The van der Waals surface area contributed by atoms with Gasteiger partial charge in [0.15, 0.2) is 0 Å². The molecule has 0 aromatic heterocycles. The second kappa shape index (κ2) is 9.65. The van der Waals surface area contributed by atoms with Crippen molar-refractivity contribution < 1.29 is 5.11 Å². The summed E-state index contributed by atoms with van der Waals surface area (Å²) in [6.07, 6.45) is 8.47. The molecule has 0 spiro atoms. The van der Waals surface area contributed by atoms with Crippen molar-refractivity contribution >= 4 is 0 Å². The topological polar surface area (TPSA) is 20.2 Å². The second-order valence-corrected chi connectivity index (χ2v) is 7.80. The van der Waals surface area contributed by atoms with Crippen molar-refractivity contribution in [2.24, 2.45) is 5.92 Å². The molecule has 0 fully saturated rings. The van der Waals surface area contributed by atoms with E-state index in [2.05, 4.69) is 51.1 Å². The van der Waals surface area contributed by atoms with Crippen molar-refractivity contribution in [1.29, 1.82) is 0 Å². The van der Waals surface area contributed by atoms with E-state index in [4.69, 9.17) is 0 Å². The first-order chi connectivity index (χ1) is 12.1. The average Bonchev–Trinajstić information content (AvgIpc) is 2.62. The van der Waals surface area contributed by atoms with Gasteiger partial charge in [-0.3, -0.25) is 0 Å². The van der Waals surface area contributed by atoms with E-state index < -0.39 is 0 Å². The van der Waals surface area contributed by atoms with E-state index in [9.17, 15) is 5.11 Å². The molecular formula is C24H34O. The molecule has 2 aromatic carbocycles. The van der Waals surface area contributed by atoms with E-state index in [1.165, 1.54) is 37.7 Å². The maximum absolute atomic E-state index is 9.86. The normalized spacial score (nSPS) is 12.9. The van der Waals surface area contributed by atoms with E-state index in [0.29, 0.717) is 5.75 Å². The van der Waals surface area contributed by atoms with Gasteiger partial charge in [-0.15, -0.1) is 0 Å². The molecule has 136 valence electrons. The summed E-state index contributed by atoms with van der Waals surface area (Å²) in [5.41, 5.74) is 2.77. The molecular weight excluding hydrogens is 304 g/mol. The highest BCUT2D eigenvalue weighted by Crippen LogP contribution is 2.37. The fourth-order valence-electron chi connectivity index (χ4n) is 3.92. The van der Waals surface area contributed by atoms with Gasteiger partial charge in [-0.1, -0.05) is 88.6 Å². The van der Waals surface area contributed by atoms with Gasteiger partial charge in [0.1, 0.15) is 5.75 Å². The molecule has 0 heterocycles. The molecule has 0 bridgehead atoms. The molecule has 0 radical (unpaired) electrons. The van der Waals surface area contributed by atoms with Crippen LogP contribution >= 0.6 is 0 Å². The number of hydrogen-bond acceptors (Lipinski definition) is 1. The predicted octanol–water partition coefficient (Wildman–Crippen LogP) is 6.89. The first-order valence-corrected chi connectivity index (χ1v) is 9.88. The Morgan fingerprint density at radius 1 is 0.840 bits per heavy atom. The Morgan fingerprint density at radius 2 is 1.52 bits per heavy atom. The lowest BCUT2D eigenvalue weighted by Crippen LogP contribution is -2.28. The number of para-hydroxylation sites is 1. The lowest BCUT2D eigenvalue weighted by atomic mass is 9.69. The number of unbranched alkanes of at least 4 members (excludes halogenated alkanes) is 2. The smallest absolute Gasteiger partial charge is 0.118 e. The predicted molar refractivity (Wildman–Crippen MR) is 108 cm³/mol. The minimum Gasteiger partial charge on any atom is -0.508 e. The Balaban J connectivity index is 1.84. The van der Waals surface area contributed by atoms with Crippen molar-refractivity contribution in [3.8, 4) is 5.75 Å². The molecule has 0 aliphatic rings. The van der Waals surface area contributed by atoms with E-state index in [-0.39, 0.29) is 5.41 Å². The van der Waals surface area contributed by atoms with Gasteiger partial charge in [-0.2, -0.15) is 0 Å². The molecule has 0 amide bonds. The van der Waals surface area contributed by atoms with E-state index >= 15 is 0 Å². The molecule has 2 aromatic rings. The third-order valence-corrected chi connectivity index (χ3v) is 5.67. The molecule has 0 saturated heterocycles. The minimum absolute atomic E-state index is 0.231. The Morgan fingerprint density at radius 3 is 2.20 bits per heavy atom. The fourth-order valence-corrected chi connectivity index (χ4v) is 3.92. The maximum Gasteiger partial charge on any atom is 0.118 e. The van der Waals surface area contributed by atoms with Crippen molar-refractivity contribution in [2.75, 3.05) is 0 Å². The Hall–Kier alpha value is -1.76. The van der Waals surface area contributed by atoms with Gasteiger partial charge < -0.3 is 5.11 Å². The maximum atomic E-state index is 9.86. The molecule has 0 aliphatic carbocycles. The van der Waals surface area contributed by atoms with E-state index in [1.807, 2.05) is 18.2 Å². The van der Waals surface area contributed by atoms with Crippen LogP contribution in [0.4, 0.5) is 0 Å². The summed E-state index contributed by atoms with van der Waals surface area (Å²) >= 11 is 0. The van der Waals surface area contributed by atoms with Crippen LogP contribution < -0.4 is 0 Å². The third kappa shape index (κ3) is 5.63. The molecule has 1 N–H and O–H groups in total. The highest BCUT2D eigenvalue weighted by Gasteiger charge is 2.29. The Kier molecular flexibility index (Phi) is 7.55. The van der Waals surface area contributed by atoms with Crippen LogP contribution in [0.5, 0.6) is 5.75 Å². The van der Waals surface area contributed by atoms with Gasteiger partial charge in [0.05, 0.1) is 0 Å². The largest absolute Gasteiger partial charge is 0.508 e. The van der Waals surface area contributed by atoms with Gasteiger partial charge in [0.25, 0.3) is 0 Å². The zero-order chi connectivity index (χ0) is 18.1. The van der Waals surface area contributed by atoms with Crippen LogP contribution in [-0.4, -0.2) is 5.11 Å². The van der Waals surface area contributed by atoms with Crippen molar-refractivity contribution in [3.63, 3.8) is 0 Å². The van der Waals surface area contributed by atoms with Gasteiger partial charge in [-0.25, -0.2) is 0 Å². The fraction of sp³-hybridized carbons (Fsp3) is 0.500. The molecule has 1 heteroatoms. The highest BCUT2D eigenvalue weighted by atomic mass is 16.3. The van der Waals surface area contributed by atoms with Gasteiger partial charge in [0, 0.05) is 0 Å². The van der Waals surface area contributed by atoms with Crippen LogP contribution in [0.1, 0.15) is 70.4 Å². The van der Waals surface area contributed by atoms with Gasteiger partial charge >= 0.3 is 0 Å². The number of hydrogen-bond donors (Lipinski definition) is 1. The monoisotopic (exact) mass is 338 g/mol. The third-order valence-electron chi connectivity index (χ3n) is 5.67. The Bertz CT molecular complexity index is 615. The standard InChI is InChI=1S/C24H34O/c1-4-13-21(24(2,3)22-17-9-6-10-18-22)16-8-5-7-14-20-15-11-12-19-23(20)25/h6,9-12,15,17-19,21,25H,4-5,7-8,13-14,16H2,1-3H3. The average molecular weight is 339 g/mol. The summed E-state index contributed by atoms with van der Waals surface area (Å²) in [6.45, 7) is 7.11. The molecule has 2 rings (SSSR count). The van der Waals surface area contributed by atoms with Crippen LogP contribution in [-0.2, 0) is 11.8 Å². The summed E-state index contributed by atoms with van der Waals surface area (Å²) in [6, 6.07) is 18.7. The summed E-state index contributed by atoms with van der Waals surface area (Å²) in [5, 5.41) is 9.86. The number of aryl methyl sites for hydroxylation is 1. The lowest BCUT2D eigenvalue weighted by Gasteiger charge is -2.35. The number of aromatic hydroxyl groups is 1. The molecule has 1 unspecified atom stereocenters. The van der Waals surface area contributed by atoms with E-state index in [0.717, 1.165) is 24.3 Å². The van der Waals surface area contributed by atoms with Crippen LogP contribution in [0.15, 0.2) is 54.6 Å². The van der Waals surface area contributed by atoms with Crippen LogP contribution in [0.3, 0.4) is 0 Å². The molecule has 25 heavy (non-hydrogen) atoms. The van der Waals surface area contributed by atoms with E-state index in [1.54, 1.807) is 6.07 Å². The summed E-state index contributed by atoms with van der Waals surface area (Å²) < 4.78 is 0. The van der Waals surface area contributed by atoms with Crippen molar-refractivity contribution in [3.05, 3.63) is 65.7 Å².